The average molecular weight is 535 g/mol. The molecule has 1 unspecified atom stereocenters. The van der Waals surface area contributed by atoms with Gasteiger partial charge in [-0.3, -0.25) is 14.6 Å². The maximum atomic E-state index is 13.8. The number of benzene rings is 2. The van der Waals surface area contributed by atoms with Crippen molar-refractivity contribution < 1.29 is 24.2 Å². The predicted octanol–water partition coefficient (Wildman–Crippen LogP) is 1.11. The number of carbonyl (C=O) groups is 2. The van der Waals surface area contributed by atoms with E-state index >= 15 is 0 Å². The first kappa shape index (κ1) is 28.3. The van der Waals surface area contributed by atoms with Gasteiger partial charge in [0.2, 0.25) is 0 Å². The largest absolute Gasteiger partial charge is 0.394 e. The maximum absolute atomic E-state index is 13.8. The number of nitrogens with two attached hydrogens (primary N) is 2. The Kier molecular flexibility index (Phi) is 9.81. The molecule has 0 radical (unpaired) electrons. The van der Waals surface area contributed by atoms with Crippen LogP contribution in [0, 0.1) is 11.7 Å². The Bertz CT molecular complexity index is 1160. The van der Waals surface area contributed by atoms with Gasteiger partial charge in [0.05, 0.1) is 23.8 Å². The summed E-state index contributed by atoms with van der Waals surface area (Å²) in [6.45, 7) is 0.376. The Balaban J connectivity index is 1.91. The third-order valence-corrected chi connectivity index (χ3v) is 6.69. The number of hydrogen-bond acceptors (Lipinski definition) is 6. The molecule has 0 bridgehead atoms. The number of amides is 2. The zero-order valence-electron chi connectivity index (χ0n) is 20.4. The van der Waals surface area contributed by atoms with Gasteiger partial charge in [0.25, 0.3) is 0 Å². The molecule has 37 heavy (non-hydrogen) atoms. The lowest BCUT2D eigenvalue weighted by Crippen LogP contribution is -2.40. The number of aliphatic imine (C=N–C) groups is 1. The molecule has 2 aromatic rings. The lowest BCUT2D eigenvalue weighted by Gasteiger charge is -2.25. The van der Waals surface area contributed by atoms with E-state index in [0.717, 1.165) is 22.8 Å². The van der Waals surface area contributed by atoms with Gasteiger partial charge in [0.1, 0.15) is 5.82 Å². The van der Waals surface area contributed by atoms with E-state index in [1.54, 1.807) is 0 Å². The molecule has 2 amide bonds. The average Bonchev–Trinajstić information content (AvgIpc) is 3.15. The van der Waals surface area contributed by atoms with Crippen LogP contribution in [0.2, 0.25) is 5.02 Å². The van der Waals surface area contributed by atoms with E-state index in [4.69, 9.17) is 23.1 Å². The van der Waals surface area contributed by atoms with E-state index in [0.29, 0.717) is 19.4 Å². The number of nitrogens with one attached hydrogen (secondary N) is 3. The monoisotopic (exact) mass is 534 g/mol. The van der Waals surface area contributed by atoms with Crippen LogP contribution in [0.1, 0.15) is 41.5 Å². The lowest BCUT2D eigenvalue weighted by atomic mass is 9.86. The van der Waals surface area contributed by atoms with Gasteiger partial charge in [0, 0.05) is 24.7 Å². The van der Waals surface area contributed by atoms with E-state index in [2.05, 4.69) is 20.9 Å². The zero-order chi connectivity index (χ0) is 27.1. The topological polar surface area (TPSA) is 175 Å². The van der Waals surface area contributed by atoms with E-state index < -0.39 is 29.8 Å². The minimum Gasteiger partial charge on any atom is -0.394 e. The molecule has 0 aliphatic heterocycles. The number of fused-ring (bicyclic) bond motifs is 1. The molecule has 9 N–H and O–H groups in total. The van der Waals surface area contributed by atoms with Crippen molar-refractivity contribution in [3.63, 3.8) is 0 Å². The number of nitrogens with zero attached hydrogens (tertiary/aromatic N) is 1. The van der Waals surface area contributed by atoms with Gasteiger partial charge in [-0.05, 0) is 60.7 Å². The highest BCUT2D eigenvalue weighted by Crippen LogP contribution is 2.48. The first-order chi connectivity index (χ1) is 17.6. The van der Waals surface area contributed by atoms with E-state index in [1.807, 2.05) is 25.2 Å². The van der Waals surface area contributed by atoms with Crippen molar-refractivity contribution in [2.24, 2.45) is 22.4 Å². The molecule has 1 aliphatic carbocycles. The fourth-order valence-electron chi connectivity index (χ4n) is 4.67. The van der Waals surface area contributed by atoms with Crippen LogP contribution in [-0.2, 0) is 16.1 Å². The Hall–Kier alpha value is -3.25. The molecule has 0 saturated heterocycles. The minimum atomic E-state index is -0.977. The molecule has 12 heteroatoms. The Labute approximate surface area is 219 Å². The van der Waals surface area contributed by atoms with Gasteiger partial charge in [-0.15, -0.1) is 0 Å². The van der Waals surface area contributed by atoms with E-state index in [1.165, 1.54) is 12.1 Å². The molecular formula is C25H32ClFN6O4. The van der Waals surface area contributed by atoms with Crippen molar-refractivity contribution in [2.75, 3.05) is 25.5 Å². The molecular weight excluding hydrogens is 503 g/mol. The third-order valence-electron chi connectivity index (χ3n) is 6.39. The van der Waals surface area contributed by atoms with Crippen LogP contribution in [0.15, 0.2) is 41.4 Å². The van der Waals surface area contributed by atoms with Crippen molar-refractivity contribution in [3.8, 4) is 0 Å². The quantitative estimate of drug-likeness (QED) is 0.136. The molecule has 1 aliphatic rings. The number of aliphatic hydroxyl groups excluding tert-OH is 2. The predicted molar refractivity (Wildman–Crippen MR) is 139 cm³/mol. The van der Waals surface area contributed by atoms with Crippen molar-refractivity contribution in [1.82, 2.24) is 10.6 Å². The summed E-state index contributed by atoms with van der Waals surface area (Å²) in [5.41, 5.74) is 14.0. The van der Waals surface area contributed by atoms with Gasteiger partial charge in [-0.25, -0.2) is 4.39 Å². The number of rotatable bonds is 10. The van der Waals surface area contributed by atoms with Crippen LogP contribution in [0.4, 0.5) is 10.1 Å². The number of halogens is 2. The molecule has 3 rings (SSSR count). The Morgan fingerprint density at radius 2 is 1.92 bits per heavy atom. The second kappa shape index (κ2) is 12.8. The summed E-state index contributed by atoms with van der Waals surface area (Å²) in [7, 11) is 1.82. The molecule has 0 aromatic heterocycles. The molecule has 0 heterocycles. The molecule has 4 atom stereocenters. The second-order valence-corrected chi connectivity index (χ2v) is 9.38. The van der Waals surface area contributed by atoms with Crippen LogP contribution in [0.25, 0.3) is 0 Å². The molecule has 2 aromatic carbocycles. The highest BCUT2D eigenvalue weighted by atomic mass is 35.5. The summed E-state index contributed by atoms with van der Waals surface area (Å²) < 4.78 is 13.8. The molecule has 10 nitrogen and oxygen atoms in total. The smallest absolute Gasteiger partial charge is 0.313 e. The van der Waals surface area contributed by atoms with E-state index in [-0.39, 0.29) is 41.7 Å². The number of anilines is 1. The summed E-state index contributed by atoms with van der Waals surface area (Å²) in [5, 5.41) is 27.4. The highest BCUT2D eigenvalue weighted by molar-refractivity contribution is 6.39. The molecule has 200 valence electrons. The standard InChI is InChI=1S/C25H32ClFN6O4/c1-30-10-13-2-5-16-17(6-4-15(35)12-34)19(11-31-25(28)29)22(18(16)8-13)33-24(37)23(36)32-14-3-7-20(26)21(27)9-14/h2-3,5,7-9,15,17,19,22,30,34-35H,4,6,10-12H2,1H3,(H,32,36)(H,33,37)(H4,28,29,31)/t15?,17-,19+,22+/m1/s1. The zero-order valence-corrected chi connectivity index (χ0v) is 21.1. The van der Waals surface area contributed by atoms with Gasteiger partial charge in [-0.1, -0.05) is 29.8 Å². The Morgan fingerprint density at radius 1 is 1.16 bits per heavy atom. The summed E-state index contributed by atoms with van der Waals surface area (Å²) in [4.78, 5) is 29.8. The number of guanidine groups is 1. The first-order valence-electron chi connectivity index (χ1n) is 11.8. The number of aliphatic hydroxyl groups is 2. The van der Waals surface area contributed by atoms with Crippen LogP contribution in [0.3, 0.4) is 0 Å². The van der Waals surface area contributed by atoms with Gasteiger partial charge in [0.15, 0.2) is 5.96 Å². The van der Waals surface area contributed by atoms with Crippen LogP contribution < -0.4 is 27.4 Å². The fraction of sp³-hybridized carbons (Fsp3) is 0.400. The number of hydrogen-bond donors (Lipinski definition) is 7. The second-order valence-electron chi connectivity index (χ2n) is 8.98. The van der Waals surface area contributed by atoms with Crippen LogP contribution in [0.5, 0.6) is 0 Å². The van der Waals surface area contributed by atoms with Crippen molar-refractivity contribution in [2.45, 2.75) is 37.5 Å². The summed E-state index contributed by atoms with van der Waals surface area (Å²) in [5.74, 6) is -3.25. The van der Waals surface area contributed by atoms with Crippen molar-refractivity contribution in [1.29, 1.82) is 0 Å². The van der Waals surface area contributed by atoms with Crippen LogP contribution >= 0.6 is 11.6 Å². The first-order valence-corrected chi connectivity index (χ1v) is 12.2. The van der Waals surface area contributed by atoms with Crippen molar-refractivity contribution in [3.05, 3.63) is 63.9 Å². The molecule has 0 fully saturated rings. The summed E-state index contributed by atoms with van der Waals surface area (Å²) >= 11 is 5.68. The van der Waals surface area contributed by atoms with E-state index in [9.17, 15) is 24.2 Å². The highest BCUT2D eigenvalue weighted by Gasteiger charge is 2.42. The van der Waals surface area contributed by atoms with Crippen LogP contribution in [-0.4, -0.2) is 54.3 Å². The maximum Gasteiger partial charge on any atom is 0.313 e. The normalized spacial score (nSPS) is 19.1. The molecule has 0 saturated carbocycles. The fourth-order valence-corrected chi connectivity index (χ4v) is 4.79. The SMILES string of the molecule is CNCc1ccc2c(c1)[C@H](NC(=O)C(=O)Nc1ccc(Cl)c(F)c1)[C@@H](CN=C(N)N)[C@@H]2CCC(O)CO. The number of carbonyl (C=O) groups excluding carboxylic acids is 2. The Morgan fingerprint density at radius 3 is 2.57 bits per heavy atom. The minimum absolute atomic E-state index is 0.0816. The summed E-state index contributed by atoms with van der Waals surface area (Å²) in [6, 6.07) is 8.94. The summed E-state index contributed by atoms with van der Waals surface area (Å²) in [6.07, 6.45) is -0.0802. The van der Waals surface area contributed by atoms with Gasteiger partial charge >= 0.3 is 11.8 Å². The van der Waals surface area contributed by atoms with Gasteiger partial charge < -0.3 is 37.6 Å². The third kappa shape index (κ3) is 7.16. The van der Waals surface area contributed by atoms with Crippen molar-refractivity contribution >= 4 is 35.1 Å². The van der Waals surface area contributed by atoms with Gasteiger partial charge in [-0.2, -0.15) is 0 Å². The molecule has 0 spiro atoms. The lowest BCUT2D eigenvalue weighted by molar-refractivity contribution is -0.136.